The summed E-state index contributed by atoms with van der Waals surface area (Å²) in [5, 5.41) is 12.3. The van der Waals surface area contributed by atoms with Gasteiger partial charge in [0.25, 0.3) is 5.91 Å². The van der Waals surface area contributed by atoms with Crippen molar-refractivity contribution in [1.29, 1.82) is 5.26 Å². The van der Waals surface area contributed by atoms with Crippen LogP contribution in [0.2, 0.25) is 0 Å². The summed E-state index contributed by atoms with van der Waals surface area (Å²) in [4.78, 5) is 12.5. The zero-order valence-corrected chi connectivity index (χ0v) is 16.8. The number of hydrogen-bond acceptors (Lipinski definition) is 4. The number of nitrogens with zero attached hydrogens (tertiary/aromatic N) is 1. The highest BCUT2D eigenvalue weighted by atomic mass is 16.5. The van der Waals surface area contributed by atoms with Gasteiger partial charge in [-0.25, -0.2) is 0 Å². The lowest BCUT2D eigenvalue weighted by Gasteiger charge is -2.11. The van der Waals surface area contributed by atoms with Crippen molar-refractivity contribution in [2.24, 2.45) is 0 Å². The molecule has 146 valence electrons. The molecule has 0 aliphatic heterocycles. The second kappa shape index (κ2) is 10.2. The van der Waals surface area contributed by atoms with Crippen LogP contribution in [0.3, 0.4) is 0 Å². The standard InChI is InChI=1S/C23H26N2O3/c1-5-6-12-28-21-11-10-18(14-22(21)27-4)13-19(15-24)23(26)25-20-9-7-8-16(2)17(20)3/h7-11,13-14H,5-6,12H2,1-4H3,(H,25,26)/b19-13+. The van der Waals surface area contributed by atoms with E-state index in [9.17, 15) is 10.1 Å². The van der Waals surface area contributed by atoms with Gasteiger partial charge in [0.1, 0.15) is 11.6 Å². The Kier molecular flexibility index (Phi) is 7.65. The van der Waals surface area contributed by atoms with E-state index in [1.807, 2.05) is 38.1 Å². The molecule has 0 aromatic heterocycles. The van der Waals surface area contributed by atoms with Gasteiger partial charge < -0.3 is 14.8 Å². The second-order valence-electron chi connectivity index (χ2n) is 6.48. The average molecular weight is 378 g/mol. The normalized spacial score (nSPS) is 10.9. The van der Waals surface area contributed by atoms with Crippen LogP contribution >= 0.6 is 0 Å². The fraction of sp³-hybridized carbons (Fsp3) is 0.304. The maximum Gasteiger partial charge on any atom is 0.266 e. The van der Waals surface area contributed by atoms with Gasteiger partial charge in [0.2, 0.25) is 0 Å². The minimum absolute atomic E-state index is 0.0163. The smallest absolute Gasteiger partial charge is 0.266 e. The zero-order chi connectivity index (χ0) is 20.5. The zero-order valence-electron chi connectivity index (χ0n) is 16.8. The summed E-state index contributed by atoms with van der Waals surface area (Å²) in [6.07, 6.45) is 3.55. The highest BCUT2D eigenvalue weighted by Gasteiger charge is 2.12. The van der Waals surface area contributed by atoms with E-state index in [1.165, 1.54) is 0 Å². The molecule has 0 heterocycles. The number of anilines is 1. The number of nitrogens with one attached hydrogen (secondary N) is 1. The van der Waals surface area contributed by atoms with Crippen LogP contribution in [0.25, 0.3) is 6.08 Å². The van der Waals surface area contributed by atoms with E-state index < -0.39 is 5.91 Å². The first-order valence-corrected chi connectivity index (χ1v) is 9.30. The monoisotopic (exact) mass is 378 g/mol. The number of carbonyl (C=O) groups excluding carboxylic acids is 1. The SMILES string of the molecule is CCCCOc1ccc(/C=C(\C#N)C(=O)Nc2cccc(C)c2C)cc1OC. The van der Waals surface area contributed by atoms with Crippen LogP contribution in [-0.2, 0) is 4.79 Å². The molecule has 0 bridgehead atoms. The molecule has 0 aliphatic rings. The molecule has 0 saturated heterocycles. The van der Waals surface area contributed by atoms with Crippen LogP contribution in [0.5, 0.6) is 11.5 Å². The number of hydrogen-bond donors (Lipinski definition) is 1. The largest absolute Gasteiger partial charge is 0.493 e. The second-order valence-corrected chi connectivity index (χ2v) is 6.48. The molecule has 0 aliphatic carbocycles. The van der Waals surface area contributed by atoms with Crippen molar-refractivity contribution < 1.29 is 14.3 Å². The summed E-state index contributed by atoms with van der Waals surface area (Å²) in [6.45, 7) is 6.62. The average Bonchev–Trinajstić information content (AvgIpc) is 2.70. The molecular formula is C23H26N2O3. The minimum atomic E-state index is -0.446. The molecular weight excluding hydrogens is 352 g/mol. The van der Waals surface area contributed by atoms with Crippen molar-refractivity contribution in [2.75, 3.05) is 19.0 Å². The Balaban J connectivity index is 2.22. The third-order valence-corrected chi connectivity index (χ3v) is 4.47. The number of aryl methyl sites for hydroxylation is 1. The Bertz CT molecular complexity index is 911. The third-order valence-electron chi connectivity index (χ3n) is 4.47. The van der Waals surface area contributed by atoms with E-state index in [2.05, 4.69) is 12.2 Å². The summed E-state index contributed by atoms with van der Waals surface area (Å²) in [7, 11) is 1.56. The van der Waals surface area contributed by atoms with Gasteiger partial charge in [-0.1, -0.05) is 31.5 Å². The number of rotatable bonds is 8. The first-order valence-electron chi connectivity index (χ1n) is 9.30. The lowest BCUT2D eigenvalue weighted by atomic mass is 10.1. The Morgan fingerprint density at radius 1 is 1.21 bits per heavy atom. The van der Waals surface area contributed by atoms with Crippen molar-refractivity contribution in [2.45, 2.75) is 33.6 Å². The van der Waals surface area contributed by atoms with Crippen LogP contribution in [0.1, 0.15) is 36.5 Å². The van der Waals surface area contributed by atoms with E-state index in [-0.39, 0.29) is 5.57 Å². The van der Waals surface area contributed by atoms with Gasteiger partial charge >= 0.3 is 0 Å². The van der Waals surface area contributed by atoms with Crippen LogP contribution in [0, 0.1) is 25.2 Å². The fourth-order valence-electron chi connectivity index (χ4n) is 2.61. The molecule has 2 aromatic carbocycles. The highest BCUT2D eigenvalue weighted by molar-refractivity contribution is 6.10. The van der Waals surface area contributed by atoms with Gasteiger partial charge in [0, 0.05) is 5.69 Å². The molecule has 0 atom stereocenters. The highest BCUT2D eigenvalue weighted by Crippen LogP contribution is 2.29. The van der Waals surface area contributed by atoms with Crippen LogP contribution in [0.4, 0.5) is 5.69 Å². The molecule has 1 N–H and O–H groups in total. The predicted molar refractivity (Wildman–Crippen MR) is 112 cm³/mol. The minimum Gasteiger partial charge on any atom is -0.493 e. The number of amides is 1. The third kappa shape index (κ3) is 5.37. The van der Waals surface area contributed by atoms with Gasteiger partial charge in [-0.2, -0.15) is 5.26 Å². The Morgan fingerprint density at radius 2 is 2.00 bits per heavy atom. The molecule has 0 fully saturated rings. The first kappa shape index (κ1) is 21.0. The summed E-state index contributed by atoms with van der Waals surface area (Å²) < 4.78 is 11.1. The van der Waals surface area contributed by atoms with Crippen LogP contribution in [-0.4, -0.2) is 19.6 Å². The maximum absolute atomic E-state index is 12.5. The van der Waals surface area contributed by atoms with E-state index in [4.69, 9.17) is 9.47 Å². The number of benzene rings is 2. The van der Waals surface area contributed by atoms with E-state index >= 15 is 0 Å². The predicted octanol–water partition coefficient (Wildman–Crippen LogP) is 5.04. The Labute approximate surface area is 166 Å². The van der Waals surface area contributed by atoms with Crippen molar-refractivity contribution in [3.05, 3.63) is 58.7 Å². The first-order chi connectivity index (χ1) is 13.5. The van der Waals surface area contributed by atoms with Crippen LogP contribution < -0.4 is 14.8 Å². The van der Waals surface area contributed by atoms with Crippen molar-refractivity contribution in [1.82, 2.24) is 0 Å². The van der Waals surface area contributed by atoms with Crippen LogP contribution in [0.15, 0.2) is 42.0 Å². The number of ether oxygens (including phenoxy) is 2. The quantitative estimate of drug-likeness (QED) is 0.397. The number of carbonyl (C=O) groups is 1. The number of methoxy groups -OCH3 is 1. The molecule has 5 heteroatoms. The molecule has 5 nitrogen and oxygen atoms in total. The Morgan fingerprint density at radius 3 is 2.68 bits per heavy atom. The van der Waals surface area contributed by atoms with Crippen molar-refractivity contribution in [3.63, 3.8) is 0 Å². The molecule has 2 rings (SSSR count). The molecule has 2 aromatic rings. The van der Waals surface area contributed by atoms with Gasteiger partial charge in [-0.15, -0.1) is 0 Å². The number of nitriles is 1. The van der Waals surface area contributed by atoms with E-state index in [0.29, 0.717) is 29.4 Å². The van der Waals surface area contributed by atoms with Gasteiger partial charge in [-0.3, -0.25) is 4.79 Å². The topological polar surface area (TPSA) is 71.3 Å². The summed E-state index contributed by atoms with van der Waals surface area (Å²) in [5.41, 5.74) is 3.45. The molecule has 0 unspecified atom stereocenters. The van der Waals surface area contributed by atoms with E-state index in [1.54, 1.807) is 31.4 Å². The fourth-order valence-corrected chi connectivity index (χ4v) is 2.61. The number of unbranched alkanes of at least 4 members (excludes halogenated alkanes) is 1. The molecule has 1 amide bonds. The van der Waals surface area contributed by atoms with E-state index in [0.717, 1.165) is 24.0 Å². The molecule has 0 radical (unpaired) electrons. The Hall–Kier alpha value is -3.26. The maximum atomic E-state index is 12.5. The molecule has 0 saturated carbocycles. The summed E-state index contributed by atoms with van der Waals surface area (Å²) in [5.74, 6) is 0.766. The molecule has 28 heavy (non-hydrogen) atoms. The van der Waals surface area contributed by atoms with Crippen molar-refractivity contribution >= 4 is 17.7 Å². The lowest BCUT2D eigenvalue weighted by molar-refractivity contribution is -0.112. The van der Waals surface area contributed by atoms with Gasteiger partial charge in [0.05, 0.1) is 13.7 Å². The summed E-state index contributed by atoms with van der Waals surface area (Å²) in [6, 6.07) is 13.0. The molecule has 0 spiro atoms. The van der Waals surface area contributed by atoms with Gasteiger partial charge in [0.15, 0.2) is 11.5 Å². The van der Waals surface area contributed by atoms with Crippen molar-refractivity contribution in [3.8, 4) is 17.6 Å². The summed E-state index contributed by atoms with van der Waals surface area (Å²) >= 11 is 0. The lowest BCUT2D eigenvalue weighted by Crippen LogP contribution is -2.14. The van der Waals surface area contributed by atoms with Gasteiger partial charge in [-0.05, 0) is 61.2 Å².